The second-order valence-electron chi connectivity index (χ2n) is 6.48. The number of thioether (sulfide) groups is 1. The van der Waals surface area contributed by atoms with Crippen LogP contribution >= 0.6 is 39.3 Å². The highest BCUT2D eigenvalue weighted by Crippen LogP contribution is 2.37. The van der Waals surface area contributed by atoms with Crippen molar-refractivity contribution >= 4 is 67.3 Å². The minimum Gasteiger partial charge on any atom is -0.506 e. The Morgan fingerprint density at radius 1 is 1.13 bits per heavy atom. The smallest absolute Gasteiger partial charge is 0.293 e. The summed E-state index contributed by atoms with van der Waals surface area (Å²) in [6, 6.07) is 16.7. The number of nitrogens with zero attached hydrogens (tertiary/aromatic N) is 1. The minimum atomic E-state index is -0.429. The van der Waals surface area contributed by atoms with Crippen LogP contribution in [0.3, 0.4) is 0 Å². The lowest BCUT2D eigenvalue weighted by molar-refractivity contribution is -0.123. The number of benzene rings is 3. The lowest BCUT2D eigenvalue weighted by Crippen LogP contribution is -2.32. The van der Waals surface area contributed by atoms with Gasteiger partial charge in [0.2, 0.25) is 0 Å². The number of hydrogen-bond acceptors (Lipinski definition) is 5. The molecule has 0 aliphatic carbocycles. The number of imide groups is 1. The molecule has 0 saturated carbocycles. The molecule has 1 heterocycles. The fraction of sp³-hybridized carbons (Fsp3) is 0.0909. The molecule has 1 fully saturated rings. The Balaban J connectivity index is 1.47. The second kappa shape index (κ2) is 8.71. The molecule has 5 nitrogen and oxygen atoms in total. The largest absolute Gasteiger partial charge is 0.506 e. The van der Waals surface area contributed by atoms with Crippen molar-refractivity contribution in [1.82, 2.24) is 4.90 Å². The Hall–Kier alpha value is -2.48. The number of hydrogen-bond donors (Lipinski definition) is 1. The van der Waals surface area contributed by atoms with Crippen LogP contribution in [0.15, 0.2) is 64.0 Å². The quantitative estimate of drug-likeness (QED) is 0.427. The molecule has 0 bridgehead atoms. The number of aromatic hydroxyl groups is 1. The van der Waals surface area contributed by atoms with Crippen LogP contribution in [0.5, 0.6) is 11.5 Å². The molecule has 8 heteroatoms. The van der Waals surface area contributed by atoms with Gasteiger partial charge in [0.1, 0.15) is 18.1 Å². The number of fused-ring (bicyclic) bond motifs is 1. The van der Waals surface area contributed by atoms with Crippen LogP contribution in [-0.2, 0) is 4.79 Å². The molecule has 30 heavy (non-hydrogen) atoms. The molecule has 0 unspecified atom stereocenters. The highest BCUT2D eigenvalue weighted by atomic mass is 79.9. The van der Waals surface area contributed by atoms with Gasteiger partial charge in [0.25, 0.3) is 11.1 Å². The first-order valence-corrected chi connectivity index (χ1v) is 11.0. The number of carbonyl (C=O) groups excluding carboxylic acids is 2. The van der Waals surface area contributed by atoms with E-state index in [4.69, 9.17) is 16.3 Å². The maximum Gasteiger partial charge on any atom is 0.293 e. The highest BCUT2D eigenvalue weighted by Gasteiger charge is 2.35. The van der Waals surface area contributed by atoms with Crippen LogP contribution in [-0.4, -0.2) is 34.3 Å². The molecule has 1 aliphatic rings. The van der Waals surface area contributed by atoms with Gasteiger partial charge < -0.3 is 9.84 Å². The molecule has 1 aliphatic heterocycles. The van der Waals surface area contributed by atoms with Crippen molar-refractivity contribution in [3.63, 3.8) is 0 Å². The van der Waals surface area contributed by atoms with Crippen molar-refractivity contribution in [2.75, 3.05) is 13.2 Å². The van der Waals surface area contributed by atoms with Crippen LogP contribution in [0.4, 0.5) is 4.79 Å². The van der Waals surface area contributed by atoms with E-state index in [-0.39, 0.29) is 29.0 Å². The molecule has 152 valence electrons. The number of phenols is 1. The third-order valence-electron chi connectivity index (χ3n) is 4.54. The van der Waals surface area contributed by atoms with Gasteiger partial charge >= 0.3 is 0 Å². The molecule has 2 amide bonds. The van der Waals surface area contributed by atoms with Gasteiger partial charge in [-0.2, -0.15) is 0 Å². The van der Waals surface area contributed by atoms with E-state index in [9.17, 15) is 14.7 Å². The Kier molecular flexibility index (Phi) is 6.04. The standard InChI is InChI=1S/C22H15BrClNO4S/c23-17-12-15(24)10-14(20(17)26)11-19-21(27)25(22(28)30-19)8-9-29-18-7-3-5-13-4-1-2-6-16(13)18/h1-7,10-12,26H,8-9H2/b19-11-. The average Bonchev–Trinajstić information content (AvgIpc) is 2.99. The van der Waals surface area contributed by atoms with Crippen molar-refractivity contribution in [1.29, 1.82) is 0 Å². The molecule has 0 aromatic heterocycles. The summed E-state index contributed by atoms with van der Waals surface area (Å²) < 4.78 is 6.25. The molecule has 0 radical (unpaired) electrons. The van der Waals surface area contributed by atoms with E-state index in [1.807, 2.05) is 42.5 Å². The van der Waals surface area contributed by atoms with E-state index >= 15 is 0 Å². The Morgan fingerprint density at radius 3 is 2.73 bits per heavy atom. The van der Waals surface area contributed by atoms with Crippen molar-refractivity contribution in [2.24, 2.45) is 0 Å². The zero-order valence-corrected chi connectivity index (χ0v) is 18.6. The highest BCUT2D eigenvalue weighted by molar-refractivity contribution is 9.10. The van der Waals surface area contributed by atoms with Crippen molar-refractivity contribution in [3.05, 3.63) is 74.6 Å². The van der Waals surface area contributed by atoms with E-state index in [0.29, 0.717) is 20.8 Å². The van der Waals surface area contributed by atoms with Crippen LogP contribution < -0.4 is 4.74 Å². The number of amides is 2. The molecule has 1 saturated heterocycles. The molecule has 4 rings (SSSR count). The van der Waals surface area contributed by atoms with Crippen LogP contribution in [0.1, 0.15) is 5.56 Å². The van der Waals surface area contributed by atoms with Crippen molar-refractivity contribution < 1.29 is 19.4 Å². The number of carbonyl (C=O) groups is 2. The predicted octanol–water partition coefficient (Wildman–Crippen LogP) is 6.08. The molecule has 3 aromatic rings. The van der Waals surface area contributed by atoms with Gasteiger partial charge in [-0.1, -0.05) is 48.0 Å². The lowest BCUT2D eigenvalue weighted by Gasteiger charge is -2.14. The lowest BCUT2D eigenvalue weighted by atomic mass is 10.1. The summed E-state index contributed by atoms with van der Waals surface area (Å²) in [6.45, 7) is 0.295. The van der Waals surface area contributed by atoms with Crippen LogP contribution in [0.2, 0.25) is 5.02 Å². The molecular weight excluding hydrogens is 490 g/mol. The van der Waals surface area contributed by atoms with E-state index in [0.717, 1.165) is 27.4 Å². The number of rotatable bonds is 5. The molecule has 3 aromatic carbocycles. The summed E-state index contributed by atoms with van der Waals surface area (Å²) in [5.41, 5.74) is 0.354. The zero-order valence-electron chi connectivity index (χ0n) is 15.5. The molecule has 0 spiro atoms. The first kappa shape index (κ1) is 20.8. The topological polar surface area (TPSA) is 66.8 Å². The number of ether oxygens (including phenoxy) is 1. The predicted molar refractivity (Wildman–Crippen MR) is 123 cm³/mol. The van der Waals surface area contributed by atoms with Gasteiger partial charge in [0.05, 0.1) is 15.9 Å². The fourth-order valence-electron chi connectivity index (χ4n) is 3.10. The Morgan fingerprint density at radius 2 is 1.90 bits per heavy atom. The van der Waals surface area contributed by atoms with E-state index in [1.54, 1.807) is 6.07 Å². The van der Waals surface area contributed by atoms with Gasteiger partial charge in [-0.05, 0) is 57.4 Å². The zero-order chi connectivity index (χ0) is 21.3. The maximum atomic E-state index is 12.7. The summed E-state index contributed by atoms with van der Waals surface area (Å²) in [6.07, 6.45) is 1.46. The monoisotopic (exact) mass is 503 g/mol. The Labute approximate surface area is 190 Å². The summed E-state index contributed by atoms with van der Waals surface area (Å²) in [5, 5.41) is 12.2. The van der Waals surface area contributed by atoms with E-state index < -0.39 is 5.91 Å². The summed E-state index contributed by atoms with van der Waals surface area (Å²) >= 11 is 10.0. The normalized spacial score (nSPS) is 15.4. The molecule has 1 N–H and O–H groups in total. The average molecular weight is 505 g/mol. The maximum absolute atomic E-state index is 12.7. The fourth-order valence-corrected chi connectivity index (χ4v) is 4.79. The van der Waals surface area contributed by atoms with Crippen LogP contribution in [0.25, 0.3) is 16.8 Å². The number of halogens is 2. The van der Waals surface area contributed by atoms with E-state index in [2.05, 4.69) is 15.9 Å². The summed E-state index contributed by atoms with van der Waals surface area (Å²) in [5.74, 6) is 0.219. The summed E-state index contributed by atoms with van der Waals surface area (Å²) in [4.78, 5) is 26.4. The van der Waals surface area contributed by atoms with Gasteiger partial charge in [0.15, 0.2) is 0 Å². The number of phenolic OH excluding ortho intramolecular Hbond substituents is 1. The van der Waals surface area contributed by atoms with Gasteiger partial charge in [-0.15, -0.1) is 0 Å². The van der Waals surface area contributed by atoms with E-state index in [1.165, 1.54) is 12.1 Å². The van der Waals surface area contributed by atoms with Crippen molar-refractivity contribution in [3.8, 4) is 11.5 Å². The second-order valence-corrected chi connectivity index (χ2v) is 8.77. The molecule has 0 atom stereocenters. The van der Waals surface area contributed by atoms with Gasteiger partial charge in [-0.25, -0.2) is 0 Å². The third-order valence-corrected chi connectivity index (χ3v) is 6.27. The Bertz CT molecular complexity index is 1190. The van der Waals surface area contributed by atoms with Gasteiger partial charge in [0, 0.05) is 16.0 Å². The molecular formula is C22H15BrClNO4S. The SMILES string of the molecule is O=C1S/C(=C\c2cc(Cl)cc(Br)c2O)C(=O)N1CCOc1cccc2ccccc12. The third kappa shape index (κ3) is 4.19. The first-order chi connectivity index (χ1) is 14.4. The van der Waals surface area contributed by atoms with Gasteiger partial charge in [-0.3, -0.25) is 14.5 Å². The van der Waals surface area contributed by atoms with Crippen LogP contribution in [0, 0.1) is 0 Å². The van der Waals surface area contributed by atoms with Crippen molar-refractivity contribution in [2.45, 2.75) is 0 Å². The summed E-state index contributed by atoms with van der Waals surface area (Å²) in [7, 11) is 0. The minimum absolute atomic E-state index is 0.0505. The first-order valence-electron chi connectivity index (χ1n) is 8.98.